The fraction of sp³-hybridized carbons (Fsp3) is 0.400. The third kappa shape index (κ3) is 3.19. The summed E-state index contributed by atoms with van der Waals surface area (Å²) in [6, 6.07) is 7.77. The molecule has 1 N–H and O–H groups in total. The van der Waals surface area contributed by atoms with Crippen LogP contribution < -0.4 is 0 Å². The smallest absolute Gasteiger partial charge is 0.0570 e. The van der Waals surface area contributed by atoms with Gasteiger partial charge in [0, 0.05) is 21.0 Å². The molecule has 1 aromatic rings. The van der Waals surface area contributed by atoms with E-state index in [-0.39, 0.29) is 11.9 Å². The van der Waals surface area contributed by atoms with Gasteiger partial charge in [-0.05, 0) is 24.6 Å². The molecule has 78 valence electrons. The number of aliphatic hydroxyl groups is 1. The SMILES string of the molecule is C[C@@H](c1cccc(Br)c1)[S@@](=O)CCO. The predicted octanol–water partition coefficient (Wildman–Crippen LogP) is 2.25. The number of aliphatic hydroxyl groups excluding tert-OH is 1. The Kier molecular flexibility index (Phi) is 4.78. The molecule has 1 aromatic carbocycles. The van der Waals surface area contributed by atoms with Gasteiger partial charge in [0.25, 0.3) is 0 Å². The van der Waals surface area contributed by atoms with Crippen LogP contribution in [0.1, 0.15) is 17.7 Å². The number of hydrogen-bond acceptors (Lipinski definition) is 2. The van der Waals surface area contributed by atoms with Gasteiger partial charge in [0.05, 0.1) is 11.9 Å². The molecule has 14 heavy (non-hydrogen) atoms. The van der Waals surface area contributed by atoms with Gasteiger partial charge in [-0.15, -0.1) is 0 Å². The van der Waals surface area contributed by atoms with Gasteiger partial charge < -0.3 is 5.11 Å². The second kappa shape index (κ2) is 5.63. The van der Waals surface area contributed by atoms with Gasteiger partial charge >= 0.3 is 0 Å². The first-order chi connectivity index (χ1) is 6.65. The minimum Gasteiger partial charge on any atom is -0.395 e. The second-order valence-corrected chi connectivity index (χ2v) is 5.80. The van der Waals surface area contributed by atoms with E-state index >= 15 is 0 Å². The minimum absolute atomic E-state index is 0.0229. The summed E-state index contributed by atoms with van der Waals surface area (Å²) in [5.74, 6) is 0.341. The summed E-state index contributed by atoms with van der Waals surface area (Å²) in [6.45, 7) is 1.89. The van der Waals surface area contributed by atoms with Gasteiger partial charge in [0.15, 0.2) is 0 Å². The highest BCUT2D eigenvalue weighted by atomic mass is 79.9. The van der Waals surface area contributed by atoms with Crippen molar-refractivity contribution in [3.63, 3.8) is 0 Å². The number of rotatable bonds is 4. The van der Waals surface area contributed by atoms with Crippen LogP contribution in [0, 0.1) is 0 Å². The molecule has 0 heterocycles. The van der Waals surface area contributed by atoms with Crippen molar-refractivity contribution >= 4 is 26.7 Å². The predicted molar refractivity (Wildman–Crippen MR) is 62.7 cm³/mol. The van der Waals surface area contributed by atoms with Crippen molar-refractivity contribution in [1.29, 1.82) is 0 Å². The lowest BCUT2D eigenvalue weighted by molar-refractivity contribution is 0.321. The van der Waals surface area contributed by atoms with Crippen LogP contribution in [0.25, 0.3) is 0 Å². The average Bonchev–Trinajstić information content (AvgIpc) is 2.17. The monoisotopic (exact) mass is 276 g/mol. The van der Waals surface area contributed by atoms with Crippen LogP contribution in [0.2, 0.25) is 0 Å². The third-order valence-corrected chi connectivity index (χ3v) is 4.14. The maximum absolute atomic E-state index is 11.6. The molecule has 0 aliphatic rings. The largest absolute Gasteiger partial charge is 0.395 e. The highest BCUT2D eigenvalue weighted by molar-refractivity contribution is 9.10. The fourth-order valence-electron chi connectivity index (χ4n) is 1.18. The molecule has 0 unspecified atom stereocenters. The van der Waals surface area contributed by atoms with Gasteiger partial charge in [0.1, 0.15) is 0 Å². The molecule has 0 saturated carbocycles. The lowest BCUT2D eigenvalue weighted by Crippen LogP contribution is -2.09. The van der Waals surface area contributed by atoms with Crippen LogP contribution in [0.5, 0.6) is 0 Å². The zero-order chi connectivity index (χ0) is 10.6. The summed E-state index contributed by atoms with van der Waals surface area (Å²) in [5, 5.41) is 8.66. The molecular weight excluding hydrogens is 264 g/mol. The highest BCUT2D eigenvalue weighted by Crippen LogP contribution is 2.22. The van der Waals surface area contributed by atoms with Crippen molar-refractivity contribution < 1.29 is 9.32 Å². The quantitative estimate of drug-likeness (QED) is 0.916. The summed E-state index contributed by atoms with van der Waals surface area (Å²) < 4.78 is 12.6. The van der Waals surface area contributed by atoms with Gasteiger partial charge in [-0.1, -0.05) is 28.1 Å². The lowest BCUT2D eigenvalue weighted by atomic mass is 10.2. The zero-order valence-electron chi connectivity index (χ0n) is 7.94. The van der Waals surface area contributed by atoms with Gasteiger partial charge in [-0.25, -0.2) is 0 Å². The van der Waals surface area contributed by atoms with E-state index in [9.17, 15) is 4.21 Å². The summed E-state index contributed by atoms with van der Waals surface area (Å²) in [4.78, 5) is 0. The summed E-state index contributed by atoms with van der Waals surface area (Å²) in [6.07, 6.45) is 0. The van der Waals surface area contributed by atoms with Crippen LogP contribution >= 0.6 is 15.9 Å². The number of halogens is 1. The Bertz CT molecular complexity index is 328. The first-order valence-electron chi connectivity index (χ1n) is 4.38. The molecule has 2 nitrogen and oxygen atoms in total. The van der Waals surface area contributed by atoms with Crippen LogP contribution in [0.3, 0.4) is 0 Å². The van der Waals surface area contributed by atoms with Crippen molar-refractivity contribution in [2.45, 2.75) is 12.2 Å². The molecule has 0 spiro atoms. The molecule has 0 aliphatic carbocycles. The fourth-order valence-corrected chi connectivity index (χ4v) is 2.58. The molecule has 0 bridgehead atoms. The highest BCUT2D eigenvalue weighted by Gasteiger charge is 2.12. The third-order valence-electron chi connectivity index (χ3n) is 2.00. The normalized spacial score (nSPS) is 15.1. The first-order valence-corrected chi connectivity index (χ1v) is 6.56. The molecule has 0 fully saturated rings. The average molecular weight is 277 g/mol. The van der Waals surface area contributed by atoms with E-state index < -0.39 is 10.8 Å². The topological polar surface area (TPSA) is 37.3 Å². The number of hydrogen-bond donors (Lipinski definition) is 1. The molecule has 2 atom stereocenters. The van der Waals surface area contributed by atoms with Crippen molar-refractivity contribution in [3.8, 4) is 0 Å². The molecule has 0 aliphatic heterocycles. The maximum atomic E-state index is 11.6. The van der Waals surface area contributed by atoms with Crippen molar-refractivity contribution in [3.05, 3.63) is 34.3 Å². The molecule has 0 saturated heterocycles. The van der Waals surface area contributed by atoms with Crippen molar-refractivity contribution in [2.24, 2.45) is 0 Å². The van der Waals surface area contributed by atoms with Crippen LogP contribution in [-0.4, -0.2) is 21.7 Å². The molecule has 0 amide bonds. The van der Waals surface area contributed by atoms with Gasteiger partial charge in [-0.2, -0.15) is 0 Å². The van der Waals surface area contributed by atoms with Crippen molar-refractivity contribution in [1.82, 2.24) is 0 Å². The Morgan fingerprint density at radius 2 is 2.29 bits per heavy atom. The second-order valence-electron chi connectivity index (χ2n) is 3.01. The van der Waals surface area contributed by atoms with E-state index in [4.69, 9.17) is 5.11 Å². The molecule has 1 rings (SSSR count). The summed E-state index contributed by atoms with van der Waals surface area (Å²) in [5.41, 5.74) is 1.03. The van der Waals surface area contributed by atoms with Gasteiger partial charge in [-0.3, -0.25) is 4.21 Å². The standard InChI is InChI=1S/C10H13BrO2S/c1-8(14(13)6-5-12)9-3-2-4-10(11)7-9/h2-4,7-8,12H,5-6H2,1H3/t8-,14-/m0/s1. The van der Waals surface area contributed by atoms with E-state index in [2.05, 4.69) is 15.9 Å². The maximum Gasteiger partial charge on any atom is 0.0570 e. The zero-order valence-corrected chi connectivity index (χ0v) is 10.3. The molecule has 4 heteroatoms. The Balaban J connectivity index is 2.78. The van der Waals surface area contributed by atoms with Crippen LogP contribution in [-0.2, 0) is 10.8 Å². The van der Waals surface area contributed by atoms with E-state index in [1.807, 2.05) is 31.2 Å². The molecular formula is C10H13BrO2S. The van der Waals surface area contributed by atoms with Gasteiger partial charge in [0.2, 0.25) is 0 Å². The van der Waals surface area contributed by atoms with E-state index in [1.165, 1.54) is 0 Å². The van der Waals surface area contributed by atoms with E-state index in [0.29, 0.717) is 5.75 Å². The van der Waals surface area contributed by atoms with E-state index in [1.54, 1.807) is 0 Å². The lowest BCUT2D eigenvalue weighted by Gasteiger charge is -2.10. The molecule has 0 radical (unpaired) electrons. The Labute approximate surface area is 94.9 Å². The van der Waals surface area contributed by atoms with Crippen LogP contribution in [0.4, 0.5) is 0 Å². The van der Waals surface area contributed by atoms with Crippen molar-refractivity contribution in [2.75, 3.05) is 12.4 Å². The minimum atomic E-state index is -0.995. The Morgan fingerprint density at radius 1 is 1.57 bits per heavy atom. The first kappa shape index (κ1) is 11.9. The van der Waals surface area contributed by atoms with E-state index in [0.717, 1.165) is 10.0 Å². The summed E-state index contributed by atoms with van der Waals surface area (Å²) in [7, 11) is -0.995. The van der Waals surface area contributed by atoms with Crippen LogP contribution in [0.15, 0.2) is 28.7 Å². The Hall–Kier alpha value is -0.190. The molecule has 0 aromatic heterocycles. The Morgan fingerprint density at radius 3 is 2.86 bits per heavy atom. The summed E-state index contributed by atoms with van der Waals surface area (Å²) >= 11 is 3.37. The number of benzene rings is 1.